The van der Waals surface area contributed by atoms with Crippen LogP contribution in [0.25, 0.3) is 0 Å². The molecule has 2 aromatic heterocycles. The number of hydrogen-bond acceptors (Lipinski definition) is 6. The van der Waals surface area contributed by atoms with Gasteiger partial charge in [0.05, 0.1) is 31.1 Å². The molecule has 2 aromatic rings. The fourth-order valence-electron chi connectivity index (χ4n) is 1.79. The molecule has 2 heterocycles. The highest BCUT2D eigenvalue weighted by atomic mass is 16.5. The number of nitrogen functional groups attached to an aromatic ring is 1. The molecule has 0 fully saturated rings. The number of hydrogen-bond donors (Lipinski definition) is 1. The van der Waals surface area contributed by atoms with Crippen LogP contribution in [-0.2, 0) is 18.3 Å². The van der Waals surface area contributed by atoms with Gasteiger partial charge >= 0.3 is 5.97 Å². The van der Waals surface area contributed by atoms with Crippen molar-refractivity contribution < 1.29 is 9.53 Å². The second kappa shape index (κ2) is 5.60. The molecular weight excluding hydrogens is 258 g/mol. The Bertz CT molecular complexity index is 623. The number of aromatic nitrogens is 3. The van der Waals surface area contributed by atoms with Gasteiger partial charge in [-0.05, 0) is 6.07 Å². The van der Waals surface area contributed by atoms with Crippen LogP contribution in [0.3, 0.4) is 0 Å². The molecule has 0 amide bonds. The quantitative estimate of drug-likeness (QED) is 0.831. The van der Waals surface area contributed by atoms with Crippen molar-refractivity contribution in [2.24, 2.45) is 7.05 Å². The van der Waals surface area contributed by atoms with Gasteiger partial charge in [0.2, 0.25) is 0 Å². The van der Waals surface area contributed by atoms with E-state index in [2.05, 4.69) is 9.97 Å². The maximum absolute atomic E-state index is 11.6. The highest BCUT2D eigenvalue weighted by molar-refractivity contribution is 5.95. The van der Waals surface area contributed by atoms with Crippen LogP contribution in [0.1, 0.15) is 16.2 Å². The SMILES string of the molecule is COC(=O)c1cc(N(C)Cc2nccn2C)ncc1N. The summed E-state index contributed by atoms with van der Waals surface area (Å²) in [6.07, 6.45) is 5.06. The Kier molecular flexibility index (Phi) is 3.88. The lowest BCUT2D eigenvalue weighted by Crippen LogP contribution is -2.21. The van der Waals surface area contributed by atoms with Gasteiger partial charge in [0.25, 0.3) is 0 Å². The number of rotatable bonds is 4. The maximum atomic E-state index is 11.6. The smallest absolute Gasteiger partial charge is 0.340 e. The molecule has 0 saturated carbocycles. The first-order valence-corrected chi connectivity index (χ1v) is 6.04. The zero-order valence-corrected chi connectivity index (χ0v) is 11.7. The summed E-state index contributed by atoms with van der Waals surface area (Å²) in [5, 5.41) is 0. The van der Waals surface area contributed by atoms with E-state index in [0.29, 0.717) is 23.6 Å². The van der Waals surface area contributed by atoms with E-state index in [1.807, 2.05) is 29.8 Å². The maximum Gasteiger partial charge on any atom is 0.340 e. The van der Waals surface area contributed by atoms with Crippen LogP contribution in [0, 0.1) is 0 Å². The van der Waals surface area contributed by atoms with Crippen LogP contribution in [0.5, 0.6) is 0 Å². The molecule has 0 bridgehead atoms. The largest absolute Gasteiger partial charge is 0.465 e. The monoisotopic (exact) mass is 275 g/mol. The predicted molar refractivity (Wildman–Crippen MR) is 75.3 cm³/mol. The lowest BCUT2D eigenvalue weighted by molar-refractivity contribution is 0.0602. The van der Waals surface area contributed by atoms with E-state index in [1.54, 1.807) is 12.3 Å². The Morgan fingerprint density at radius 1 is 1.50 bits per heavy atom. The predicted octanol–water partition coefficient (Wildman–Crippen LogP) is 0.820. The number of aryl methyl sites for hydroxylation is 1. The molecule has 0 aliphatic carbocycles. The number of pyridine rings is 1. The van der Waals surface area contributed by atoms with Crippen LogP contribution in [0.15, 0.2) is 24.7 Å². The fraction of sp³-hybridized carbons (Fsp3) is 0.308. The Labute approximate surface area is 117 Å². The van der Waals surface area contributed by atoms with E-state index >= 15 is 0 Å². The summed E-state index contributed by atoms with van der Waals surface area (Å²) in [6.45, 7) is 0.570. The van der Waals surface area contributed by atoms with Crippen molar-refractivity contribution in [3.63, 3.8) is 0 Å². The second-order valence-electron chi connectivity index (χ2n) is 4.43. The summed E-state index contributed by atoms with van der Waals surface area (Å²) in [5.41, 5.74) is 6.33. The first-order chi connectivity index (χ1) is 9.52. The minimum Gasteiger partial charge on any atom is -0.465 e. The Balaban J connectivity index is 2.24. The van der Waals surface area contributed by atoms with Gasteiger partial charge in [0.15, 0.2) is 0 Å². The van der Waals surface area contributed by atoms with Gasteiger partial charge < -0.3 is 19.9 Å². The van der Waals surface area contributed by atoms with E-state index in [-0.39, 0.29) is 0 Å². The van der Waals surface area contributed by atoms with Crippen molar-refractivity contribution in [1.29, 1.82) is 0 Å². The van der Waals surface area contributed by atoms with Gasteiger partial charge in [-0.15, -0.1) is 0 Å². The van der Waals surface area contributed by atoms with Gasteiger partial charge in [0.1, 0.15) is 11.6 Å². The molecule has 0 aromatic carbocycles. The summed E-state index contributed by atoms with van der Waals surface area (Å²) in [7, 11) is 5.11. The molecule has 7 nitrogen and oxygen atoms in total. The number of ether oxygens (including phenoxy) is 1. The Morgan fingerprint density at radius 2 is 2.25 bits per heavy atom. The lowest BCUT2D eigenvalue weighted by Gasteiger charge is -2.18. The minimum absolute atomic E-state index is 0.297. The number of methoxy groups -OCH3 is 1. The number of imidazole rings is 1. The molecule has 0 aliphatic rings. The standard InChI is InChI=1S/C13H17N5O2/c1-17-5-4-15-12(17)8-18(2)11-6-9(13(19)20-3)10(14)7-16-11/h4-7H,8,14H2,1-3H3. The van der Waals surface area contributed by atoms with Crippen molar-refractivity contribution in [3.05, 3.63) is 36.0 Å². The van der Waals surface area contributed by atoms with Gasteiger partial charge in [-0.3, -0.25) is 0 Å². The third-order valence-electron chi connectivity index (χ3n) is 3.02. The second-order valence-corrected chi connectivity index (χ2v) is 4.43. The zero-order chi connectivity index (χ0) is 14.7. The first kappa shape index (κ1) is 13.9. The number of nitrogens with zero attached hydrogens (tertiary/aromatic N) is 4. The van der Waals surface area contributed by atoms with E-state index in [0.717, 1.165) is 5.82 Å². The number of nitrogens with two attached hydrogens (primary N) is 1. The van der Waals surface area contributed by atoms with Gasteiger partial charge in [-0.2, -0.15) is 0 Å². The Hall–Kier alpha value is -2.57. The van der Waals surface area contributed by atoms with Crippen LogP contribution in [-0.4, -0.2) is 34.7 Å². The minimum atomic E-state index is -0.475. The average molecular weight is 275 g/mol. The molecule has 106 valence electrons. The number of carbonyl (C=O) groups excluding carboxylic acids is 1. The topological polar surface area (TPSA) is 86.3 Å². The van der Waals surface area contributed by atoms with Gasteiger partial charge in [-0.1, -0.05) is 0 Å². The molecule has 0 spiro atoms. The molecule has 0 radical (unpaired) electrons. The molecule has 2 N–H and O–H groups in total. The Morgan fingerprint density at radius 3 is 2.85 bits per heavy atom. The summed E-state index contributed by atoms with van der Waals surface area (Å²) >= 11 is 0. The van der Waals surface area contributed by atoms with Crippen LogP contribution in [0.4, 0.5) is 11.5 Å². The summed E-state index contributed by atoms with van der Waals surface area (Å²) in [5.74, 6) is 1.05. The van der Waals surface area contributed by atoms with Crippen LogP contribution < -0.4 is 10.6 Å². The third kappa shape index (κ3) is 2.71. The fourth-order valence-corrected chi connectivity index (χ4v) is 1.79. The van der Waals surface area contributed by atoms with E-state index in [1.165, 1.54) is 13.3 Å². The zero-order valence-electron chi connectivity index (χ0n) is 11.7. The first-order valence-electron chi connectivity index (χ1n) is 6.04. The highest BCUT2D eigenvalue weighted by Crippen LogP contribution is 2.19. The normalized spacial score (nSPS) is 10.3. The van der Waals surface area contributed by atoms with Crippen molar-refractivity contribution in [3.8, 4) is 0 Å². The lowest BCUT2D eigenvalue weighted by atomic mass is 10.2. The summed E-state index contributed by atoms with van der Waals surface area (Å²) in [4.78, 5) is 22.0. The molecule has 0 atom stereocenters. The van der Waals surface area contributed by atoms with Crippen LogP contribution >= 0.6 is 0 Å². The molecule has 0 saturated heterocycles. The average Bonchev–Trinajstić information content (AvgIpc) is 2.84. The molecular formula is C13H17N5O2. The van der Waals surface area contributed by atoms with Crippen LogP contribution in [0.2, 0.25) is 0 Å². The molecule has 20 heavy (non-hydrogen) atoms. The summed E-state index contributed by atoms with van der Waals surface area (Å²) < 4.78 is 6.62. The van der Waals surface area contributed by atoms with E-state index in [9.17, 15) is 4.79 Å². The number of carbonyl (C=O) groups is 1. The van der Waals surface area contributed by atoms with Crippen molar-refractivity contribution >= 4 is 17.5 Å². The van der Waals surface area contributed by atoms with Gasteiger partial charge in [-0.25, -0.2) is 14.8 Å². The number of anilines is 2. The third-order valence-corrected chi connectivity index (χ3v) is 3.02. The van der Waals surface area contributed by atoms with Crippen molar-refractivity contribution in [2.45, 2.75) is 6.54 Å². The highest BCUT2D eigenvalue weighted by Gasteiger charge is 2.14. The van der Waals surface area contributed by atoms with E-state index in [4.69, 9.17) is 10.5 Å². The molecule has 2 rings (SSSR count). The molecule has 0 unspecified atom stereocenters. The molecule has 0 aliphatic heterocycles. The van der Waals surface area contributed by atoms with Crippen molar-refractivity contribution in [2.75, 3.05) is 24.8 Å². The molecule has 7 heteroatoms. The summed E-state index contributed by atoms with van der Waals surface area (Å²) in [6, 6.07) is 1.62. The van der Waals surface area contributed by atoms with Gasteiger partial charge in [0, 0.05) is 26.5 Å². The van der Waals surface area contributed by atoms with Crippen molar-refractivity contribution in [1.82, 2.24) is 14.5 Å². The van der Waals surface area contributed by atoms with E-state index < -0.39 is 5.97 Å². The number of esters is 1.